The van der Waals surface area contributed by atoms with E-state index in [4.69, 9.17) is 4.42 Å². The predicted octanol–water partition coefficient (Wildman–Crippen LogP) is 2.53. The summed E-state index contributed by atoms with van der Waals surface area (Å²) in [7, 11) is 0. The molecule has 4 rings (SSSR count). The predicted molar refractivity (Wildman–Crippen MR) is 85.8 cm³/mol. The summed E-state index contributed by atoms with van der Waals surface area (Å²) in [5.41, 5.74) is 0. The van der Waals surface area contributed by atoms with Crippen LogP contribution in [0.15, 0.2) is 21.9 Å². The van der Waals surface area contributed by atoms with Crippen LogP contribution in [0.25, 0.3) is 10.8 Å². The number of nitrogens with zero attached hydrogens (tertiary/aromatic N) is 6. The van der Waals surface area contributed by atoms with Gasteiger partial charge in [-0.1, -0.05) is 13.0 Å². The van der Waals surface area contributed by atoms with Crippen LogP contribution in [0.1, 0.15) is 37.4 Å². The van der Waals surface area contributed by atoms with Crippen molar-refractivity contribution < 1.29 is 4.42 Å². The largest absolute Gasteiger partial charge is 0.418 e. The zero-order valence-electron chi connectivity index (χ0n) is 13.1. The summed E-state index contributed by atoms with van der Waals surface area (Å²) in [5, 5.41) is 19.0. The van der Waals surface area contributed by atoms with Gasteiger partial charge in [0.2, 0.25) is 5.89 Å². The van der Waals surface area contributed by atoms with Gasteiger partial charge < -0.3 is 8.98 Å². The Morgan fingerprint density at radius 1 is 1.26 bits per heavy atom. The van der Waals surface area contributed by atoms with E-state index in [-0.39, 0.29) is 6.04 Å². The van der Waals surface area contributed by atoms with Gasteiger partial charge in [-0.05, 0) is 18.4 Å². The highest BCUT2D eigenvalue weighted by atomic mass is 32.1. The molecule has 0 spiro atoms. The van der Waals surface area contributed by atoms with Crippen LogP contribution >= 0.6 is 11.3 Å². The molecule has 23 heavy (non-hydrogen) atoms. The molecule has 0 aliphatic carbocycles. The van der Waals surface area contributed by atoms with Crippen molar-refractivity contribution in [1.29, 1.82) is 0 Å². The van der Waals surface area contributed by atoms with E-state index in [1.165, 1.54) is 0 Å². The van der Waals surface area contributed by atoms with Crippen molar-refractivity contribution in [3.05, 3.63) is 35.1 Å². The Bertz CT molecular complexity index is 793. The number of fused-ring (bicyclic) bond motifs is 1. The molecule has 0 N–H and O–H groups in total. The SMILES string of the molecule is CCc1nnc2n1CCN(C(C)c1nnc(-c3cccs3)o1)C2. The average molecular weight is 330 g/mol. The van der Waals surface area contributed by atoms with Gasteiger partial charge in [-0.25, -0.2) is 0 Å². The van der Waals surface area contributed by atoms with E-state index in [2.05, 4.69) is 43.7 Å². The highest BCUT2D eigenvalue weighted by Crippen LogP contribution is 2.28. The minimum absolute atomic E-state index is 0.0618. The number of rotatable bonds is 4. The summed E-state index contributed by atoms with van der Waals surface area (Å²) < 4.78 is 8.08. The third-order valence-corrected chi connectivity index (χ3v) is 5.11. The molecule has 1 aliphatic rings. The highest BCUT2D eigenvalue weighted by Gasteiger charge is 2.27. The second-order valence-electron chi connectivity index (χ2n) is 5.61. The normalized spacial score (nSPS) is 16.4. The molecule has 0 saturated heterocycles. The summed E-state index contributed by atoms with van der Waals surface area (Å²) in [6.07, 6.45) is 0.913. The van der Waals surface area contributed by atoms with E-state index in [0.29, 0.717) is 11.8 Å². The molecule has 3 aromatic rings. The van der Waals surface area contributed by atoms with Crippen molar-refractivity contribution in [3.63, 3.8) is 0 Å². The Morgan fingerprint density at radius 2 is 2.17 bits per heavy atom. The van der Waals surface area contributed by atoms with Crippen LogP contribution in [-0.4, -0.2) is 36.4 Å². The van der Waals surface area contributed by atoms with Crippen LogP contribution in [0.2, 0.25) is 0 Å². The van der Waals surface area contributed by atoms with E-state index in [1.807, 2.05) is 17.5 Å². The van der Waals surface area contributed by atoms with Crippen LogP contribution in [-0.2, 0) is 19.5 Å². The zero-order valence-corrected chi connectivity index (χ0v) is 14.0. The Kier molecular flexibility index (Phi) is 3.70. The van der Waals surface area contributed by atoms with Crippen LogP contribution < -0.4 is 0 Å². The van der Waals surface area contributed by atoms with Gasteiger partial charge in [0.15, 0.2) is 0 Å². The lowest BCUT2D eigenvalue weighted by molar-refractivity contribution is 0.142. The summed E-state index contributed by atoms with van der Waals surface area (Å²) in [5.74, 6) is 3.32. The molecular formula is C15H18N6OS. The number of thiophene rings is 1. The van der Waals surface area contributed by atoms with Gasteiger partial charge >= 0.3 is 0 Å². The first-order chi connectivity index (χ1) is 11.3. The third kappa shape index (κ3) is 2.57. The number of hydrogen-bond donors (Lipinski definition) is 0. The fraction of sp³-hybridized carbons (Fsp3) is 0.467. The lowest BCUT2D eigenvalue weighted by Crippen LogP contribution is -2.36. The van der Waals surface area contributed by atoms with Gasteiger partial charge in [0.25, 0.3) is 5.89 Å². The van der Waals surface area contributed by atoms with Gasteiger partial charge in [-0.2, -0.15) is 0 Å². The van der Waals surface area contributed by atoms with E-state index in [0.717, 1.165) is 42.6 Å². The standard InChI is InChI=1S/C15H18N6OS/c1-3-12-16-17-13-9-20(6-7-21(12)13)10(2)14-18-19-15(22-14)11-5-4-8-23-11/h4-5,8,10H,3,6-7,9H2,1-2H3. The second-order valence-corrected chi connectivity index (χ2v) is 6.55. The summed E-state index contributed by atoms with van der Waals surface area (Å²) in [6, 6.07) is 4.03. The summed E-state index contributed by atoms with van der Waals surface area (Å²) in [6.45, 7) is 6.79. The van der Waals surface area contributed by atoms with Crippen molar-refractivity contribution >= 4 is 11.3 Å². The lowest BCUT2D eigenvalue weighted by Gasteiger charge is -2.30. The Hall–Kier alpha value is -2.06. The topological polar surface area (TPSA) is 72.9 Å². The fourth-order valence-electron chi connectivity index (χ4n) is 2.89. The van der Waals surface area contributed by atoms with E-state index < -0.39 is 0 Å². The monoisotopic (exact) mass is 330 g/mol. The molecule has 1 atom stereocenters. The van der Waals surface area contributed by atoms with Gasteiger partial charge in [0, 0.05) is 19.5 Å². The smallest absolute Gasteiger partial charge is 0.257 e. The molecular weight excluding hydrogens is 312 g/mol. The van der Waals surface area contributed by atoms with Crippen molar-refractivity contribution in [2.24, 2.45) is 0 Å². The minimum Gasteiger partial charge on any atom is -0.418 e. The molecule has 0 bridgehead atoms. The maximum atomic E-state index is 5.86. The molecule has 0 saturated carbocycles. The average Bonchev–Trinajstić information content (AvgIpc) is 3.31. The van der Waals surface area contributed by atoms with E-state index >= 15 is 0 Å². The molecule has 0 aromatic carbocycles. The second kappa shape index (κ2) is 5.86. The van der Waals surface area contributed by atoms with Crippen LogP contribution in [0.5, 0.6) is 0 Å². The van der Waals surface area contributed by atoms with Gasteiger partial charge in [0.05, 0.1) is 17.5 Å². The first-order valence-corrected chi connectivity index (χ1v) is 8.66. The van der Waals surface area contributed by atoms with Crippen molar-refractivity contribution in [3.8, 4) is 10.8 Å². The molecule has 120 valence electrons. The lowest BCUT2D eigenvalue weighted by atomic mass is 10.2. The van der Waals surface area contributed by atoms with Crippen molar-refractivity contribution in [2.75, 3.05) is 6.54 Å². The van der Waals surface area contributed by atoms with Crippen molar-refractivity contribution in [1.82, 2.24) is 29.9 Å². The fourth-order valence-corrected chi connectivity index (χ4v) is 3.53. The number of hydrogen-bond acceptors (Lipinski definition) is 7. The molecule has 4 heterocycles. The molecule has 7 nitrogen and oxygen atoms in total. The van der Waals surface area contributed by atoms with Crippen LogP contribution in [0.3, 0.4) is 0 Å². The molecule has 8 heteroatoms. The Labute approximate surface area is 138 Å². The van der Waals surface area contributed by atoms with E-state index in [1.54, 1.807) is 11.3 Å². The van der Waals surface area contributed by atoms with Crippen LogP contribution in [0, 0.1) is 0 Å². The minimum atomic E-state index is 0.0618. The maximum absolute atomic E-state index is 5.86. The Balaban J connectivity index is 1.52. The van der Waals surface area contributed by atoms with Crippen molar-refractivity contribution in [2.45, 2.75) is 39.4 Å². The molecule has 0 radical (unpaired) electrons. The number of aryl methyl sites for hydroxylation is 1. The Morgan fingerprint density at radius 3 is 2.96 bits per heavy atom. The first kappa shape index (κ1) is 14.5. The first-order valence-electron chi connectivity index (χ1n) is 7.78. The molecule has 1 aliphatic heterocycles. The van der Waals surface area contributed by atoms with E-state index in [9.17, 15) is 0 Å². The summed E-state index contributed by atoms with van der Waals surface area (Å²) >= 11 is 1.60. The molecule has 1 unspecified atom stereocenters. The van der Waals surface area contributed by atoms with Crippen LogP contribution in [0.4, 0.5) is 0 Å². The third-order valence-electron chi connectivity index (χ3n) is 4.25. The maximum Gasteiger partial charge on any atom is 0.257 e. The van der Waals surface area contributed by atoms with Gasteiger partial charge in [0.1, 0.15) is 11.6 Å². The quantitative estimate of drug-likeness (QED) is 0.732. The molecule has 0 amide bonds. The van der Waals surface area contributed by atoms with Gasteiger partial charge in [-0.15, -0.1) is 31.7 Å². The molecule has 0 fully saturated rings. The number of aromatic nitrogens is 5. The zero-order chi connectivity index (χ0) is 15.8. The highest BCUT2D eigenvalue weighted by molar-refractivity contribution is 7.13. The molecule has 3 aromatic heterocycles. The van der Waals surface area contributed by atoms with Gasteiger partial charge in [-0.3, -0.25) is 4.90 Å². The summed E-state index contributed by atoms with van der Waals surface area (Å²) in [4.78, 5) is 3.30.